The van der Waals surface area contributed by atoms with Gasteiger partial charge in [-0.3, -0.25) is 5.73 Å². The molecule has 1 fully saturated rings. The third kappa shape index (κ3) is 14.7. The van der Waals surface area contributed by atoms with Crippen LogP contribution in [-0.4, -0.2) is 32.4 Å². The lowest BCUT2D eigenvalue weighted by Crippen LogP contribution is -2.56. The first-order valence-corrected chi connectivity index (χ1v) is 9.70. The Balaban J connectivity index is 0.000000440. The van der Waals surface area contributed by atoms with Crippen molar-refractivity contribution in [2.24, 2.45) is 5.73 Å². The van der Waals surface area contributed by atoms with E-state index in [4.69, 9.17) is 5.73 Å². The molecule has 5 heteroatoms. The fraction of sp³-hybridized carbons (Fsp3) is 0.700. The van der Waals surface area contributed by atoms with Crippen molar-refractivity contribution in [2.75, 3.05) is 21.1 Å². The minimum Gasteiger partial charge on any atom is -0.355 e. The molecular weight excluding hydrogens is 310 g/mol. The van der Waals surface area contributed by atoms with E-state index in [2.05, 4.69) is 29.6 Å². The average Bonchev–Trinajstić information content (AvgIpc) is 2.52. The van der Waals surface area contributed by atoms with E-state index in [1.54, 1.807) is 0 Å². The summed E-state index contributed by atoms with van der Waals surface area (Å²) in [6.45, 7) is 5.97. The Labute approximate surface area is 155 Å². The molecule has 0 spiro atoms. The minimum absolute atomic E-state index is 0.237. The Morgan fingerprint density at radius 3 is 2.00 bits per heavy atom. The second kappa shape index (κ2) is 16.2. The van der Waals surface area contributed by atoms with Crippen LogP contribution in [0, 0.1) is 0 Å². The van der Waals surface area contributed by atoms with Gasteiger partial charge in [0.15, 0.2) is 0 Å². The highest BCUT2D eigenvalue weighted by molar-refractivity contribution is 5.25. The molecule has 146 valence electrons. The Morgan fingerprint density at radius 1 is 1.20 bits per heavy atom. The molecule has 0 aromatic heterocycles. The Hall–Kier alpha value is -1.30. The number of hydrogen-bond acceptors (Lipinski definition) is 5. The molecule has 1 heterocycles. The van der Waals surface area contributed by atoms with E-state index in [1.807, 2.05) is 44.5 Å². The number of nitrogens with one attached hydrogen (secondary N) is 3. The molecular formula is C20H41N5. The highest BCUT2D eigenvalue weighted by Crippen LogP contribution is 2.15. The van der Waals surface area contributed by atoms with Gasteiger partial charge in [-0.15, -0.1) is 0 Å². The summed E-state index contributed by atoms with van der Waals surface area (Å²) >= 11 is 0. The summed E-state index contributed by atoms with van der Waals surface area (Å²) in [4.78, 5) is 0. The number of rotatable bonds is 3. The maximum atomic E-state index is 5.69. The molecule has 1 aliphatic carbocycles. The molecule has 0 aromatic carbocycles. The first-order chi connectivity index (χ1) is 12.0. The van der Waals surface area contributed by atoms with Crippen LogP contribution in [0.4, 0.5) is 0 Å². The van der Waals surface area contributed by atoms with E-state index in [-0.39, 0.29) is 6.29 Å². The molecule has 1 aliphatic heterocycles. The quantitative estimate of drug-likeness (QED) is 0.585. The van der Waals surface area contributed by atoms with Crippen molar-refractivity contribution in [1.82, 2.24) is 21.1 Å². The largest absolute Gasteiger partial charge is 0.355 e. The van der Waals surface area contributed by atoms with Crippen LogP contribution in [0.25, 0.3) is 0 Å². The van der Waals surface area contributed by atoms with Crippen LogP contribution in [0.1, 0.15) is 64.7 Å². The zero-order valence-corrected chi connectivity index (χ0v) is 16.9. The summed E-state index contributed by atoms with van der Waals surface area (Å²) in [5, 5.41) is 7.66. The smallest absolute Gasteiger partial charge is 0.146 e. The van der Waals surface area contributed by atoms with E-state index in [0.29, 0.717) is 0 Å². The van der Waals surface area contributed by atoms with Crippen LogP contribution >= 0.6 is 0 Å². The Bertz CT molecular complexity index is 366. The summed E-state index contributed by atoms with van der Waals surface area (Å²) in [5.41, 5.74) is 10.8. The predicted octanol–water partition coefficient (Wildman–Crippen LogP) is 3.59. The van der Waals surface area contributed by atoms with E-state index in [9.17, 15) is 0 Å². The van der Waals surface area contributed by atoms with Gasteiger partial charge >= 0.3 is 0 Å². The Morgan fingerprint density at radius 2 is 1.64 bits per heavy atom. The molecule has 1 unspecified atom stereocenters. The number of nitrogens with zero attached hydrogens (tertiary/aromatic N) is 1. The second-order valence-electron chi connectivity index (χ2n) is 6.62. The Kier molecular flexibility index (Phi) is 15.3. The average molecular weight is 352 g/mol. The lowest BCUT2D eigenvalue weighted by molar-refractivity contribution is 0.233. The molecule has 0 aromatic rings. The summed E-state index contributed by atoms with van der Waals surface area (Å²) in [6.07, 6.45) is 18.6. The molecule has 0 radical (unpaired) electrons. The molecule has 0 bridgehead atoms. The fourth-order valence-electron chi connectivity index (χ4n) is 2.55. The second-order valence-corrected chi connectivity index (χ2v) is 6.62. The first kappa shape index (κ1) is 23.7. The van der Waals surface area contributed by atoms with Crippen LogP contribution in [0.15, 0.2) is 36.2 Å². The van der Waals surface area contributed by atoms with Gasteiger partial charge in [-0.1, -0.05) is 76.5 Å². The lowest BCUT2D eigenvalue weighted by Gasteiger charge is -2.29. The zero-order valence-electron chi connectivity index (χ0n) is 16.9. The molecule has 0 saturated heterocycles. The van der Waals surface area contributed by atoms with Crippen molar-refractivity contribution in [3.05, 3.63) is 36.2 Å². The van der Waals surface area contributed by atoms with E-state index in [0.717, 1.165) is 17.7 Å². The van der Waals surface area contributed by atoms with Gasteiger partial charge < -0.3 is 15.6 Å². The molecule has 2 aliphatic rings. The van der Waals surface area contributed by atoms with Gasteiger partial charge in [0.25, 0.3) is 0 Å². The fourth-order valence-corrected chi connectivity index (χ4v) is 2.55. The lowest BCUT2D eigenvalue weighted by atomic mass is 10.0. The third-order valence-corrected chi connectivity index (χ3v) is 3.95. The predicted molar refractivity (Wildman–Crippen MR) is 111 cm³/mol. The zero-order chi connectivity index (χ0) is 18.9. The molecule has 0 amide bonds. The van der Waals surface area contributed by atoms with Crippen molar-refractivity contribution >= 4 is 0 Å². The van der Waals surface area contributed by atoms with Gasteiger partial charge in [-0.05, 0) is 26.6 Å². The standard InChI is InChI=1S/C10H18N4.C8H16.C2H7N/c1-4-8(2)5-6-9-7-14(3)13-10(11)12-9;1-2-4-6-8-7-5-3-1;1-3-2/h5-7,10,12-13H,2,4,11H2,1,3H3;1-8H2;3H,1-2H3/b6-5-;;. The summed E-state index contributed by atoms with van der Waals surface area (Å²) in [6, 6.07) is 0. The van der Waals surface area contributed by atoms with Crippen molar-refractivity contribution in [2.45, 2.75) is 71.0 Å². The molecule has 5 N–H and O–H groups in total. The van der Waals surface area contributed by atoms with Crippen LogP contribution in [0.3, 0.4) is 0 Å². The van der Waals surface area contributed by atoms with E-state index < -0.39 is 0 Å². The molecule has 1 saturated carbocycles. The van der Waals surface area contributed by atoms with Crippen LogP contribution in [-0.2, 0) is 0 Å². The van der Waals surface area contributed by atoms with Crippen molar-refractivity contribution in [3.63, 3.8) is 0 Å². The van der Waals surface area contributed by atoms with Crippen LogP contribution < -0.4 is 21.8 Å². The topological polar surface area (TPSA) is 65.3 Å². The molecule has 1 atom stereocenters. The SMILES string of the molecule is C1CCCCCCC1.C=C(/C=C\C1=CN(C)NC(N)N1)CC.CNC. The minimum atomic E-state index is -0.237. The van der Waals surface area contributed by atoms with Crippen molar-refractivity contribution in [3.8, 4) is 0 Å². The van der Waals surface area contributed by atoms with E-state index >= 15 is 0 Å². The maximum Gasteiger partial charge on any atom is 0.146 e. The number of nitrogens with two attached hydrogens (primary N) is 1. The van der Waals surface area contributed by atoms with E-state index in [1.165, 1.54) is 51.4 Å². The summed E-state index contributed by atoms with van der Waals surface area (Å²) in [5.74, 6) is 0. The van der Waals surface area contributed by atoms with Gasteiger partial charge in [0, 0.05) is 13.2 Å². The highest BCUT2D eigenvalue weighted by atomic mass is 15.6. The van der Waals surface area contributed by atoms with Crippen LogP contribution in [0.5, 0.6) is 0 Å². The van der Waals surface area contributed by atoms with Crippen molar-refractivity contribution in [1.29, 1.82) is 0 Å². The highest BCUT2D eigenvalue weighted by Gasteiger charge is 2.09. The molecule has 2 rings (SSSR count). The molecule has 25 heavy (non-hydrogen) atoms. The summed E-state index contributed by atoms with van der Waals surface area (Å²) in [7, 11) is 5.66. The number of allylic oxidation sites excluding steroid dienone is 3. The van der Waals surface area contributed by atoms with Gasteiger partial charge in [-0.2, -0.15) is 5.43 Å². The van der Waals surface area contributed by atoms with Gasteiger partial charge in [0.1, 0.15) is 6.29 Å². The number of hydrogen-bond donors (Lipinski definition) is 4. The van der Waals surface area contributed by atoms with Crippen LogP contribution in [0.2, 0.25) is 0 Å². The van der Waals surface area contributed by atoms with Gasteiger partial charge in [-0.25, -0.2) is 0 Å². The van der Waals surface area contributed by atoms with Gasteiger partial charge in [0.05, 0.1) is 5.70 Å². The first-order valence-electron chi connectivity index (χ1n) is 9.70. The normalized spacial score (nSPS) is 20.8. The summed E-state index contributed by atoms with van der Waals surface area (Å²) < 4.78 is 0. The third-order valence-electron chi connectivity index (χ3n) is 3.95. The van der Waals surface area contributed by atoms with Gasteiger partial charge in [0.2, 0.25) is 0 Å². The molecule has 5 nitrogen and oxygen atoms in total. The number of hydrazine groups is 1. The van der Waals surface area contributed by atoms with Crippen molar-refractivity contribution < 1.29 is 0 Å². The maximum absolute atomic E-state index is 5.69. The monoisotopic (exact) mass is 351 g/mol.